The Morgan fingerprint density at radius 2 is 1.77 bits per heavy atom. The van der Waals surface area contributed by atoms with E-state index in [0.717, 1.165) is 25.2 Å². The summed E-state index contributed by atoms with van der Waals surface area (Å²) in [5.74, 6) is 0.704. The normalized spacial score (nSPS) is 14.5. The highest BCUT2D eigenvalue weighted by atomic mass is 16.1. The Hall–Kier alpha value is -2.66. The molecule has 1 saturated heterocycles. The lowest BCUT2D eigenvalue weighted by Crippen LogP contribution is -2.24. The number of anilines is 1. The summed E-state index contributed by atoms with van der Waals surface area (Å²) in [4.78, 5) is 24.4. The molecule has 0 bridgehead atoms. The Kier molecular flexibility index (Phi) is 4.71. The molecule has 4 rings (SSSR count). The number of hydrogen-bond acceptors (Lipinski definition) is 4. The maximum atomic E-state index is 12.2. The molecule has 1 fully saturated rings. The van der Waals surface area contributed by atoms with Gasteiger partial charge >= 0.3 is 0 Å². The summed E-state index contributed by atoms with van der Waals surface area (Å²) in [6.45, 7) is 3.71. The van der Waals surface area contributed by atoms with E-state index in [1.54, 1.807) is 6.07 Å². The molecular formula is C21H24N4O. The molecule has 0 spiro atoms. The van der Waals surface area contributed by atoms with Crippen LogP contribution in [-0.2, 0) is 13.1 Å². The Labute approximate surface area is 153 Å². The van der Waals surface area contributed by atoms with Crippen molar-refractivity contribution < 1.29 is 0 Å². The average Bonchev–Trinajstić information content (AvgIpc) is 3.16. The summed E-state index contributed by atoms with van der Waals surface area (Å²) < 4.78 is 0. The van der Waals surface area contributed by atoms with Crippen LogP contribution in [0.3, 0.4) is 0 Å². The third kappa shape index (κ3) is 3.48. The minimum absolute atomic E-state index is 0.0727. The van der Waals surface area contributed by atoms with Crippen LogP contribution in [0.4, 0.5) is 5.69 Å². The van der Waals surface area contributed by atoms with Crippen molar-refractivity contribution in [2.45, 2.75) is 25.9 Å². The number of benzene rings is 2. The first kappa shape index (κ1) is 16.8. The van der Waals surface area contributed by atoms with Crippen molar-refractivity contribution in [3.8, 4) is 0 Å². The number of nitrogens with zero attached hydrogens (tertiary/aromatic N) is 3. The van der Waals surface area contributed by atoms with Crippen molar-refractivity contribution in [2.24, 2.45) is 0 Å². The van der Waals surface area contributed by atoms with Crippen LogP contribution < -0.4 is 10.5 Å². The first-order chi connectivity index (χ1) is 12.7. The number of hydrogen-bond donors (Lipinski definition) is 1. The number of rotatable bonds is 5. The molecule has 0 saturated carbocycles. The minimum Gasteiger partial charge on any atom is -0.371 e. The molecule has 5 heteroatoms. The predicted octanol–water partition coefficient (Wildman–Crippen LogP) is 3.16. The van der Waals surface area contributed by atoms with E-state index in [4.69, 9.17) is 0 Å². The predicted molar refractivity (Wildman–Crippen MR) is 105 cm³/mol. The third-order valence-electron chi connectivity index (χ3n) is 4.96. The molecule has 0 atom stereocenters. The van der Waals surface area contributed by atoms with Gasteiger partial charge in [-0.05, 0) is 43.7 Å². The van der Waals surface area contributed by atoms with Crippen molar-refractivity contribution >= 4 is 16.6 Å². The minimum atomic E-state index is -0.0727. The fraction of sp³-hybridized carbons (Fsp3) is 0.333. The van der Waals surface area contributed by atoms with Crippen LogP contribution in [0.1, 0.15) is 24.2 Å². The van der Waals surface area contributed by atoms with E-state index in [1.165, 1.54) is 24.1 Å². The van der Waals surface area contributed by atoms with Crippen LogP contribution in [0, 0.1) is 0 Å². The summed E-state index contributed by atoms with van der Waals surface area (Å²) in [5, 5.41) is 0.637. The largest absolute Gasteiger partial charge is 0.371 e. The Bertz CT molecular complexity index is 959. The van der Waals surface area contributed by atoms with Gasteiger partial charge in [-0.1, -0.05) is 30.3 Å². The van der Waals surface area contributed by atoms with Gasteiger partial charge in [0.2, 0.25) is 0 Å². The zero-order valence-electron chi connectivity index (χ0n) is 15.1. The summed E-state index contributed by atoms with van der Waals surface area (Å²) >= 11 is 0. The Morgan fingerprint density at radius 1 is 1.04 bits per heavy atom. The lowest BCUT2D eigenvalue weighted by molar-refractivity contribution is 0.311. The van der Waals surface area contributed by atoms with E-state index in [0.29, 0.717) is 17.8 Å². The van der Waals surface area contributed by atoms with Crippen LogP contribution in [0.5, 0.6) is 0 Å². The molecule has 1 N–H and O–H groups in total. The van der Waals surface area contributed by atoms with E-state index < -0.39 is 0 Å². The number of aromatic amines is 1. The zero-order valence-corrected chi connectivity index (χ0v) is 15.1. The van der Waals surface area contributed by atoms with E-state index >= 15 is 0 Å². The Morgan fingerprint density at radius 3 is 2.62 bits per heavy atom. The van der Waals surface area contributed by atoms with Crippen LogP contribution in [0.2, 0.25) is 0 Å². The second kappa shape index (κ2) is 7.30. The topological polar surface area (TPSA) is 52.2 Å². The number of aromatic nitrogens is 2. The molecule has 1 aromatic heterocycles. The highest BCUT2D eigenvalue weighted by Crippen LogP contribution is 2.25. The van der Waals surface area contributed by atoms with Crippen molar-refractivity contribution in [1.29, 1.82) is 0 Å². The monoisotopic (exact) mass is 348 g/mol. The molecule has 3 aromatic rings. The van der Waals surface area contributed by atoms with E-state index in [9.17, 15) is 4.79 Å². The molecule has 0 radical (unpaired) electrons. The summed E-state index contributed by atoms with van der Waals surface area (Å²) in [6, 6.07) is 16.1. The molecule has 2 heterocycles. The maximum Gasteiger partial charge on any atom is 0.258 e. The van der Waals surface area contributed by atoms with E-state index in [1.807, 2.05) is 18.2 Å². The van der Waals surface area contributed by atoms with Crippen molar-refractivity contribution in [1.82, 2.24) is 14.9 Å². The Balaban J connectivity index is 1.53. The molecule has 1 aliphatic heterocycles. The van der Waals surface area contributed by atoms with Gasteiger partial charge in [-0.2, -0.15) is 0 Å². The summed E-state index contributed by atoms with van der Waals surface area (Å²) in [5.41, 5.74) is 3.32. The molecule has 0 aliphatic carbocycles. The first-order valence-electron chi connectivity index (χ1n) is 9.20. The molecule has 2 aromatic carbocycles. The van der Waals surface area contributed by atoms with Gasteiger partial charge in [0, 0.05) is 25.3 Å². The van der Waals surface area contributed by atoms with Gasteiger partial charge in [-0.15, -0.1) is 0 Å². The van der Waals surface area contributed by atoms with Crippen LogP contribution in [0.25, 0.3) is 10.9 Å². The molecule has 134 valence electrons. The van der Waals surface area contributed by atoms with Gasteiger partial charge in [0.05, 0.1) is 17.4 Å². The number of H-pyrrole nitrogens is 1. The smallest absolute Gasteiger partial charge is 0.258 e. The van der Waals surface area contributed by atoms with Crippen LogP contribution >= 0.6 is 0 Å². The van der Waals surface area contributed by atoms with Crippen molar-refractivity contribution in [3.05, 3.63) is 70.3 Å². The van der Waals surface area contributed by atoms with Crippen LogP contribution in [0.15, 0.2) is 53.3 Å². The second-order valence-corrected chi connectivity index (χ2v) is 7.02. The average molecular weight is 348 g/mol. The van der Waals surface area contributed by atoms with Gasteiger partial charge < -0.3 is 9.88 Å². The van der Waals surface area contributed by atoms with Gasteiger partial charge in [0.1, 0.15) is 5.82 Å². The lowest BCUT2D eigenvalue weighted by atomic mass is 10.1. The number of fused-ring (bicyclic) bond motifs is 1. The first-order valence-corrected chi connectivity index (χ1v) is 9.20. The molecule has 0 amide bonds. The summed E-state index contributed by atoms with van der Waals surface area (Å²) in [6.07, 6.45) is 2.54. The fourth-order valence-corrected chi connectivity index (χ4v) is 3.72. The maximum absolute atomic E-state index is 12.2. The number of nitrogens with one attached hydrogen (secondary N) is 1. The summed E-state index contributed by atoms with van der Waals surface area (Å²) in [7, 11) is 2.07. The van der Waals surface area contributed by atoms with Gasteiger partial charge in [-0.25, -0.2) is 4.98 Å². The van der Waals surface area contributed by atoms with E-state index in [-0.39, 0.29) is 5.56 Å². The quantitative estimate of drug-likeness (QED) is 0.769. The standard InChI is InChI=1S/C21H24N4O/c1-24(14-16-8-2-5-11-19(16)25-12-6-7-13-25)15-20-22-18-10-4-3-9-17(18)21(26)23-20/h2-5,8-11H,6-7,12-15H2,1H3,(H,22,23,26). The van der Waals surface area contributed by atoms with E-state index in [2.05, 4.69) is 51.1 Å². The van der Waals surface area contributed by atoms with Gasteiger partial charge in [0.25, 0.3) is 5.56 Å². The van der Waals surface area contributed by atoms with Gasteiger partial charge in [-0.3, -0.25) is 9.69 Å². The molecule has 26 heavy (non-hydrogen) atoms. The number of para-hydroxylation sites is 2. The highest BCUT2D eigenvalue weighted by molar-refractivity contribution is 5.77. The second-order valence-electron chi connectivity index (χ2n) is 7.02. The SMILES string of the molecule is CN(Cc1nc2ccccc2c(=O)[nH]1)Cc1ccccc1N1CCCC1. The molecule has 0 unspecified atom stereocenters. The molecular weight excluding hydrogens is 324 g/mol. The van der Waals surface area contributed by atoms with Crippen LogP contribution in [-0.4, -0.2) is 35.0 Å². The third-order valence-corrected chi connectivity index (χ3v) is 4.96. The fourth-order valence-electron chi connectivity index (χ4n) is 3.72. The van der Waals surface area contributed by atoms with Crippen molar-refractivity contribution in [2.75, 3.05) is 25.0 Å². The zero-order chi connectivity index (χ0) is 17.9. The molecule has 1 aliphatic rings. The van der Waals surface area contributed by atoms with Gasteiger partial charge in [0.15, 0.2) is 0 Å². The lowest BCUT2D eigenvalue weighted by Gasteiger charge is -2.24. The molecule has 5 nitrogen and oxygen atoms in total. The highest BCUT2D eigenvalue weighted by Gasteiger charge is 2.16. The van der Waals surface area contributed by atoms with Crippen molar-refractivity contribution in [3.63, 3.8) is 0 Å².